The molecule has 7 nitrogen and oxygen atoms in total. The van der Waals surface area contributed by atoms with Gasteiger partial charge in [0, 0.05) is 0 Å². The van der Waals surface area contributed by atoms with E-state index in [4.69, 9.17) is 21.7 Å². The molecule has 150 valence electrons. The molecule has 0 aliphatic carbocycles. The molecule has 0 saturated carbocycles. The third-order valence-corrected chi connectivity index (χ3v) is 4.21. The van der Waals surface area contributed by atoms with Crippen LogP contribution in [-0.2, 0) is 9.53 Å². The third kappa shape index (κ3) is 4.03. The minimum absolute atomic E-state index is 0.0133. The fourth-order valence-electron chi connectivity index (χ4n) is 2.81. The Morgan fingerprint density at radius 3 is 2.56 bits per heavy atom. The minimum Gasteiger partial charge on any atom is -0.504 e. The Morgan fingerprint density at radius 2 is 2.00 bits per heavy atom. The van der Waals surface area contributed by atoms with E-state index < -0.39 is 34.9 Å². The highest BCUT2D eigenvalue weighted by atomic mass is 32.1. The normalized spacial score (nSPS) is 25.3. The maximum absolute atomic E-state index is 13.6. The van der Waals surface area contributed by atoms with Gasteiger partial charge in [-0.2, -0.15) is 13.2 Å². The number of carbonyl (C=O) groups is 1. The lowest BCUT2D eigenvalue weighted by Gasteiger charge is -2.45. The van der Waals surface area contributed by atoms with E-state index >= 15 is 0 Å². The van der Waals surface area contributed by atoms with Crippen LogP contribution >= 0.6 is 12.2 Å². The van der Waals surface area contributed by atoms with Crippen molar-refractivity contribution < 1.29 is 37.7 Å². The number of thiocarbonyl (C=S) groups is 1. The second-order valence-corrected chi connectivity index (χ2v) is 6.14. The average Bonchev–Trinajstić information content (AvgIpc) is 2.55. The van der Waals surface area contributed by atoms with E-state index in [0.717, 1.165) is 0 Å². The van der Waals surface area contributed by atoms with Gasteiger partial charge in [0.25, 0.3) is 5.72 Å². The Morgan fingerprint density at radius 1 is 1.33 bits per heavy atom. The number of phenolic OH excluding ortho intramolecular Hbond substituents is 1. The van der Waals surface area contributed by atoms with Crippen LogP contribution in [0, 0.1) is 5.92 Å². The van der Waals surface area contributed by atoms with Gasteiger partial charge in [0.2, 0.25) is 0 Å². The molecule has 1 heterocycles. The number of aliphatic hydroxyl groups is 1. The first-order valence-electron chi connectivity index (χ1n) is 8.05. The molecule has 1 aliphatic heterocycles. The molecule has 0 radical (unpaired) electrons. The summed E-state index contributed by atoms with van der Waals surface area (Å²) in [6.45, 7) is 3.11. The fraction of sp³-hybridized carbons (Fsp3) is 0.500. The number of phenols is 1. The van der Waals surface area contributed by atoms with Crippen molar-refractivity contribution in [1.82, 2.24) is 10.6 Å². The van der Waals surface area contributed by atoms with E-state index in [9.17, 15) is 28.2 Å². The summed E-state index contributed by atoms with van der Waals surface area (Å²) in [5.41, 5.74) is -3.50. The van der Waals surface area contributed by atoms with Crippen LogP contribution in [0.5, 0.6) is 11.5 Å². The number of aromatic hydroxyl groups is 1. The van der Waals surface area contributed by atoms with Gasteiger partial charge < -0.3 is 30.3 Å². The number of rotatable bonds is 5. The van der Waals surface area contributed by atoms with Gasteiger partial charge in [-0.3, -0.25) is 4.79 Å². The van der Waals surface area contributed by atoms with E-state index in [-0.39, 0.29) is 30.3 Å². The van der Waals surface area contributed by atoms with Crippen molar-refractivity contribution in [3.63, 3.8) is 0 Å². The fourth-order valence-corrected chi connectivity index (χ4v) is 3.09. The number of esters is 1. The molecule has 11 heteroatoms. The van der Waals surface area contributed by atoms with Crippen molar-refractivity contribution in [2.24, 2.45) is 5.92 Å². The summed E-state index contributed by atoms with van der Waals surface area (Å²) in [5, 5.41) is 24.0. The lowest BCUT2D eigenvalue weighted by Crippen LogP contribution is -2.73. The topological polar surface area (TPSA) is 100 Å². The van der Waals surface area contributed by atoms with Crippen LogP contribution in [0.1, 0.15) is 25.5 Å². The van der Waals surface area contributed by atoms with Gasteiger partial charge in [-0.05, 0) is 43.8 Å². The summed E-state index contributed by atoms with van der Waals surface area (Å²) in [6, 6.07) is 2.39. The Hall–Kier alpha value is -2.27. The second-order valence-electron chi connectivity index (χ2n) is 5.73. The average molecular weight is 408 g/mol. The molecule has 1 aliphatic rings. The Bertz CT molecular complexity index is 730. The molecule has 27 heavy (non-hydrogen) atoms. The molecule has 0 aromatic heterocycles. The van der Waals surface area contributed by atoms with Crippen LogP contribution in [0.15, 0.2) is 18.2 Å². The minimum atomic E-state index is -5.23. The first-order chi connectivity index (χ1) is 12.5. The highest BCUT2D eigenvalue weighted by Gasteiger charge is 2.66. The SMILES string of the molecule is CCOC(=O)[C@@H]1[C@@H](c2ccc(O)c(OCC)c2)NC(=S)N[C@]1(O)C(F)(F)F. The van der Waals surface area contributed by atoms with Crippen molar-refractivity contribution in [1.29, 1.82) is 0 Å². The Balaban J connectivity index is 2.58. The predicted molar refractivity (Wildman–Crippen MR) is 92.0 cm³/mol. The monoisotopic (exact) mass is 408 g/mol. The van der Waals surface area contributed by atoms with Crippen LogP contribution in [0.25, 0.3) is 0 Å². The van der Waals surface area contributed by atoms with Crippen LogP contribution in [0.4, 0.5) is 13.2 Å². The number of ether oxygens (including phenoxy) is 2. The first-order valence-corrected chi connectivity index (χ1v) is 8.46. The number of hydrogen-bond acceptors (Lipinski definition) is 6. The molecule has 0 spiro atoms. The van der Waals surface area contributed by atoms with Crippen molar-refractivity contribution in [3.05, 3.63) is 23.8 Å². The highest BCUT2D eigenvalue weighted by Crippen LogP contribution is 2.44. The Kier molecular flexibility index (Phi) is 6.05. The number of halogens is 3. The molecule has 1 saturated heterocycles. The molecule has 2 rings (SSSR count). The van der Waals surface area contributed by atoms with Gasteiger partial charge in [0.15, 0.2) is 16.6 Å². The second kappa shape index (κ2) is 7.77. The number of carbonyl (C=O) groups excluding carboxylic acids is 1. The zero-order valence-corrected chi connectivity index (χ0v) is 15.3. The van der Waals surface area contributed by atoms with Crippen molar-refractivity contribution in [2.75, 3.05) is 13.2 Å². The molecular formula is C16H19F3N2O5S. The first kappa shape index (κ1) is 21.0. The summed E-state index contributed by atoms with van der Waals surface area (Å²) in [5.74, 6) is -3.59. The van der Waals surface area contributed by atoms with Gasteiger partial charge in [-0.25, -0.2) is 0 Å². The van der Waals surface area contributed by atoms with E-state index in [1.54, 1.807) is 12.2 Å². The number of benzene rings is 1. The maximum atomic E-state index is 13.6. The lowest BCUT2D eigenvalue weighted by molar-refractivity contribution is -0.292. The highest BCUT2D eigenvalue weighted by molar-refractivity contribution is 7.80. The van der Waals surface area contributed by atoms with Gasteiger partial charge in [-0.15, -0.1) is 0 Å². The third-order valence-electron chi connectivity index (χ3n) is 3.99. The van der Waals surface area contributed by atoms with E-state index in [2.05, 4.69) is 5.32 Å². The largest absolute Gasteiger partial charge is 0.504 e. The van der Waals surface area contributed by atoms with Crippen LogP contribution in [0.2, 0.25) is 0 Å². The maximum Gasteiger partial charge on any atom is 0.437 e. The lowest BCUT2D eigenvalue weighted by atomic mass is 9.82. The molecule has 3 atom stereocenters. The summed E-state index contributed by atoms with van der Waals surface area (Å²) in [4.78, 5) is 12.3. The zero-order valence-electron chi connectivity index (χ0n) is 14.5. The number of hydrogen-bond donors (Lipinski definition) is 4. The standard InChI is InChI=1S/C16H19F3N2O5S/c1-3-25-10-7-8(5-6-9(10)22)12-11(13(23)26-4-2)15(24,16(17,18)19)21-14(27)20-12/h5-7,11-12,22,24H,3-4H2,1-2H3,(H2,20,21,27)/t11-,12+,15+/m0/s1. The summed E-state index contributed by atoms with van der Waals surface area (Å²) < 4.78 is 50.9. The number of nitrogens with one attached hydrogen (secondary N) is 2. The van der Waals surface area contributed by atoms with Crippen LogP contribution in [0.3, 0.4) is 0 Å². The molecule has 1 aromatic carbocycles. The number of alkyl halides is 3. The smallest absolute Gasteiger partial charge is 0.437 e. The van der Waals surface area contributed by atoms with Crippen LogP contribution in [-0.4, -0.2) is 46.4 Å². The Labute approximate surface area is 158 Å². The molecule has 1 fully saturated rings. The molecule has 4 N–H and O–H groups in total. The predicted octanol–water partition coefficient (Wildman–Crippen LogP) is 1.74. The summed E-state index contributed by atoms with van der Waals surface area (Å²) in [7, 11) is 0. The van der Waals surface area contributed by atoms with Crippen molar-refractivity contribution in [3.8, 4) is 11.5 Å². The zero-order chi connectivity index (χ0) is 20.4. The van der Waals surface area contributed by atoms with Crippen LogP contribution < -0.4 is 15.4 Å². The van der Waals surface area contributed by atoms with E-state index in [1.165, 1.54) is 25.1 Å². The van der Waals surface area contributed by atoms with Crippen molar-refractivity contribution >= 4 is 23.3 Å². The molecule has 0 amide bonds. The van der Waals surface area contributed by atoms with Crippen molar-refractivity contribution in [2.45, 2.75) is 31.8 Å². The summed E-state index contributed by atoms with van der Waals surface area (Å²) >= 11 is 4.80. The van der Waals surface area contributed by atoms with Gasteiger partial charge >= 0.3 is 12.1 Å². The molecule has 0 bridgehead atoms. The van der Waals surface area contributed by atoms with E-state index in [1.807, 2.05) is 0 Å². The van der Waals surface area contributed by atoms with Gasteiger partial charge in [0.05, 0.1) is 19.3 Å². The summed E-state index contributed by atoms with van der Waals surface area (Å²) in [6.07, 6.45) is -5.23. The molecule has 1 aromatic rings. The van der Waals surface area contributed by atoms with Gasteiger partial charge in [0.1, 0.15) is 5.92 Å². The molecular weight excluding hydrogens is 389 g/mol. The van der Waals surface area contributed by atoms with Gasteiger partial charge in [-0.1, -0.05) is 6.07 Å². The van der Waals surface area contributed by atoms with E-state index in [0.29, 0.717) is 0 Å². The quantitative estimate of drug-likeness (QED) is 0.432. The molecule has 0 unspecified atom stereocenters.